The second-order valence-corrected chi connectivity index (χ2v) is 8.72. The molecule has 0 unspecified atom stereocenters. The van der Waals surface area contributed by atoms with Crippen LogP contribution in [0.3, 0.4) is 0 Å². The largest absolute Gasteiger partial charge is 0.423 e. The second kappa shape index (κ2) is 9.87. The minimum atomic E-state index is -0.447. The normalized spacial score (nSPS) is 16.5. The average Bonchev–Trinajstić information content (AvgIpc) is 3.01. The molecule has 1 heterocycles. The van der Waals surface area contributed by atoms with Crippen LogP contribution in [-0.4, -0.2) is 27.1 Å². The first kappa shape index (κ1) is 22.0. The Morgan fingerprint density at radius 3 is 2.40 bits per heavy atom. The molecule has 0 N–H and O–H groups in total. The molecule has 0 saturated carbocycles. The maximum Gasteiger partial charge on any atom is 0.336 e. The van der Waals surface area contributed by atoms with E-state index in [-0.39, 0.29) is 11.9 Å². The molecule has 6 heteroatoms. The highest BCUT2D eigenvalue weighted by atomic mass is 32.2. The Morgan fingerprint density at radius 1 is 1.13 bits per heavy atom. The number of ether oxygens (including phenoxy) is 1. The van der Waals surface area contributed by atoms with Crippen LogP contribution >= 0.6 is 24.0 Å². The van der Waals surface area contributed by atoms with Crippen LogP contribution in [0.1, 0.15) is 37.0 Å². The first-order valence-electron chi connectivity index (χ1n) is 9.71. The Labute approximate surface area is 186 Å². The summed E-state index contributed by atoms with van der Waals surface area (Å²) in [7, 11) is 0. The van der Waals surface area contributed by atoms with Gasteiger partial charge in [0.2, 0.25) is 0 Å². The molecule has 1 fully saturated rings. The average molecular weight is 438 g/mol. The molecule has 2 aromatic carbocycles. The van der Waals surface area contributed by atoms with Crippen LogP contribution in [0, 0.1) is 6.92 Å². The van der Waals surface area contributed by atoms with E-state index in [0.29, 0.717) is 15.0 Å². The number of thiocarbonyl (C=S) groups is 1. The quantitative estimate of drug-likeness (QED) is 0.254. The molecular weight excluding hydrogens is 414 g/mol. The molecule has 0 aromatic heterocycles. The molecule has 3 rings (SSSR count). The van der Waals surface area contributed by atoms with Gasteiger partial charge in [0.1, 0.15) is 10.1 Å². The molecule has 30 heavy (non-hydrogen) atoms. The summed E-state index contributed by atoms with van der Waals surface area (Å²) in [5.41, 5.74) is 2.94. The summed E-state index contributed by atoms with van der Waals surface area (Å²) in [6.07, 6.45) is 5.77. The number of rotatable bonds is 6. The van der Waals surface area contributed by atoms with Crippen molar-refractivity contribution in [2.45, 2.75) is 33.2 Å². The van der Waals surface area contributed by atoms with Gasteiger partial charge in [-0.05, 0) is 55.7 Å². The van der Waals surface area contributed by atoms with Crippen molar-refractivity contribution in [3.63, 3.8) is 0 Å². The Bertz CT molecular complexity index is 1010. The fraction of sp³-hybridized carbons (Fsp3) is 0.208. The Hall–Kier alpha value is -2.70. The predicted octanol–water partition coefficient (Wildman–Crippen LogP) is 5.61. The zero-order chi connectivity index (χ0) is 21.7. The van der Waals surface area contributed by atoms with Gasteiger partial charge < -0.3 is 4.74 Å². The van der Waals surface area contributed by atoms with Gasteiger partial charge in [0.05, 0.1) is 4.91 Å². The van der Waals surface area contributed by atoms with E-state index in [2.05, 4.69) is 0 Å². The van der Waals surface area contributed by atoms with Crippen LogP contribution in [0.15, 0.2) is 59.5 Å². The van der Waals surface area contributed by atoms with Crippen molar-refractivity contribution in [3.8, 4) is 5.75 Å². The molecule has 0 radical (unpaired) electrons. The minimum Gasteiger partial charge on any atom is -0.423 e. The van der Waals surface area contributed by atoms with Crippen LogP contribution in [0.2, 0.25) is 0 Å². The van der Waals surface area contributed by atoms with Crippen LogP contribution in [0.5, 0.6) is 5.75 Å². The van der Waals surface area contributed by atoms with Gasteiger partial charge in [-0.2, -0.15) is 0 Å². The summed E-state index contributed by atoms with van der Waals surface area (Å²) in [6, 6.07) is 15.0. The number of hydrogen-bond donors (Lipinski definition) is 0. The van der Waals surface area contributed by atoms with E-state index in [9.17, 15) is 9.59 Å². The molecule has 0 aliphatic carbocycles. The molecule has 154 valence electrons. The Morgan fingerprint density at radius 2 is 1.77 bits per heavy atom. The summed E-state index contributed by atoms with van der Waals surface area (Å²) in [6.45, 7) is 6.03. The fourth-order valence-corrected chi connectivity index (χ4v) is 4.28. The number of benzene rings is 2. The number of carbonyl (C=O) groups is 2. The smallest absolute Gasteiger partial charge is 0.336 e. The summed E-state index contributed by atoms with van der Waals surface area (Å²) >= 11 is 6.67. The third kappa shape index (κ3) is 5.46. The molecule has 1 atom stereocenters. The topological polar surface area (TPSA) is 46.6 Å². The highest BCUT2D eigenvalue weighted by Gasteiger charge is 2.34. The lowest BCUT2D eigenvalue weighted by Crippen LogP contribution is -2.36. The molecule has 0 bridgehead atoms. The summed E-state index contributed by atoms with van der Waals surface area (Å²) in [5.74, 6) is -0.0632. The predicted molar refractivity (Wildman–Crippen MR) is 127 cm³/mol. The number of carbonyl (C=O) groups excluding carboxylic acids is 2. The van der Waals surface area contributed by atoms with Gasteiger partial charge in [-0.3, -0.25) is 9.69 Å². The van der Waals surface area contributed by atoms with Crippen LogP contribution < -0.4 is 4.74 Å². The van der Waals surface area contributed by atoms with Gasteiger partial charge in [0, 0.05) is 12.1 Å². The third-order valence-electron chi connectivity index (χ3n) is 4.74. The van der Waals surface area contributed by atoms with E-state index in [1.807, 2.05) is 63.2 Å². The monoisotopic (exact) mass is 437 g/mol. The van der Waals surface area contributed by atoms with Gasteiger partial charge in [-0.1, -0.05) is 72.9 Å². The van der Waals surface area contributed by atoms with Crippen molar-refractivity contribution in [2.24, 2.45) is 0 Å². The zero-order valence-electron chi connectivity index (χ0n) is 17.1. The lowest BCUT2D eigenvalue weighted by atomic mass is 10.1. The van der Waals surface area contributed by atoms with Gasteiger partial charge in [0.15, 0.2) is 0 Å². The van der Waals surface area contributed by atoms with Crippen molar-refractivity contribution in [1.29, 1.82) is 0 Å². The van der Waals surface area contributed by atoms with Crippen LogP contribution in [0.4, 0.5) is 0 Å². The lowest BCUT2D eigenvalue weighted by Gasteiger charge is -2.21. The zero-order valence-corrected chi connectivity index (χ0v) is 18.8. The number of thioether (sulfide) groups is 1. The Kier molecular flexibility index (Phi) is 7.24. The van der Waals surface area contributed by atoms with Crippen molar-refractivity contribution in [2.75, 3.05) is 0 Å². The van der Waals surface area contributed by atoms with Gasteiger partial charge in [-0.25, -0.2) is 4.79 Å². The summed E-state index contributed by atoms with van der Waals surface area (Å²) in [5, 5.41) is 0. The first-order valence-corrected chi connectivity index (χ1v) is 10.9. The van der Waals surface area contributed by atoms with Crippen LogP contribution in [-0.2, 0) is 9.59 Å². The van der Waals surface area contributed by atoms with Gasteiger partial charge in [0.25, 0.3) is 5.91 Å². The molecular formula is C24H23NO3S2. The van der Waals surface area contributed by atoms with Crippen LogP contribution in [0.25, 0.3) is 12.2 Å². The number of nitrogens with zero attached hydrogens (tertiary/aromatic N) is 1. The van der Waals surface area contributed by atoms with Crippen molar-refractivity contribution in [1.82, 2.24) is 4.90 Å². The number of aryl methyl sites for hydroxylation is 1. The fourth-order valence-electron chi connectivity index (χ4n) is 2.82. The highest BCUT2D eigenvalue weighted by Crippen LogP contribution is 2.34. The standard InChI is InChI=1S/C24H23NO3S2/c1-4-17(3)25-23(27)21(30-24(25)29)15-19-9-12-20(13-10-19)28-22(26)14-11-18-7-5-16(2)6-8-18/h5-15,17H,4H2,1-3H3/b14-11+,21-15-/t17-/m1/s1. The van der Waals surface area contributed by atoms with Crippen molar-refractivity contribution in [3.05, 3.63) is 76.2 Å². The highest BCUT2D eigenvalue weighted by molar-refractivity contribution is 8.26. The molecule has 4 nitrogen and oxygen atoms in total. The van der Waals surface area contributed by atoms with E-state index < -0.39 is 5.97 Å². The van der Waals surface area contributed by atoms with Gasteiger partial charge >= 0.3 is 5.97 Å². The minimum absolute atomic E-state index is 0.0592. The maximum atomic E-state index is 12.6. The SMILES string of the molecule is CC[C@@H](C)N1C(=O)/C(=C/c2ccc(OC(=O)/C=C/c3ccc(C)cc3)cc2)SC1=S. The molecule has 2 aromatic rings. The van der Waals surface area contributed by atoms with Gasteiger partial charge in [-0.15, -0.1) is 0 Å². The summed E-state index contributed by atoms with van der Waals surface area (Å²) in [4.78, 5) is 26.9. The van der Waals surface area contributed by atoms with Crippen molar-refractivity contribution < 1.29 is 14.3 Å². The molecule has 1 aliphatic rings. The van der Waals surface area contributed by atoms with E-state index in [1.54, 1.807) is 23.1 Å². The van der Waals surface area contributed by atoms with E-state index in [4.69, 9.17) is 17.0 Å². The Balaban J connectivity index is 1.63. The molecule has 0 spiro atoms. The molecule has 1 aliphatic heterocycles. The van der Waals surface area contributed by atoms with E-state index >= 15 is 0 Å². The second-order valence-electron chi connectivity index (χ2n) is 7.04. The van der Waals surface area contributed by atoms with Crippen molar-refractivity contribution >= 4 is 52.3 Å². The number of hydrogen-bond acceptors (Lipinski definition) is 5. The number of amides is 1. The van der Waals surface area contributed by atoms with E-state index in [1.165, 1.54) is 17.8 Å². The number of esters is 1. The molecule has 1 amide bonds. The lowest BCUT2D eigenvalue weighted by molar-refractivity contribution is -0.129. The molecule has 1 saturated heterocycles. The third-order valence-corrected chi connectivity index (χ3v) is 6.07. The van der Waals surface area contributed by atoms with E-state index in [0.717, 1.165) is 23.1 Å². The maximum absolute atomic E-state index is 12.6. The first-order chi connectivity index (χ1) is 14.4. The summed E-state index contributed by atoms with van der Waals surface area (Å²) < 4.78 is 5.93.